The smallest absolute Gasteiger partial charge is 0.272 e. The van der Waals surface area contributed by atoms with Crippen LogP contribution >= 0.6 is 0 Å². The molecular formula is C35H39FN4O4. The molecule has 0 radical (unpaired) electrons. The standard InChI is InChI=1S/C35H39FN4O4/c36-28-9-4-25(5-10-28)23-39-16-12-24(13-17-39)20-33(41)27-8-11-32(37-22-27)35(43)40-18-14-30(15-19-40)44-31-3-1-2-29(21-31)38-34(42)26-6-7-26/h1-5,8-11,21-22,24,26,30H,6-7,12-20,23H2,(H,38,42). The lowest BCUT2D eigenvalue weighted by molar-refractivity contribution is -0.117. The van der Waals surface area contributed by atoms with Gasteiger partial charge in [-0.25, -0.2) is 4.39 Å². The van der Waals surface area contributed by atoms with Gasteiger partial charge in [-0.3, -0.25) is 24.3 Å². The average Bonchev–Trinajstić information content (AvgIpc) is 3.90. The normalized spacial score (nSPS) is 18.2. The minimum atomic E-state index is -0.223. The van der Waals surface area contributed by atoms with E-state index in [0.29, 0.717) is 55.3 Å². The Morgan fingerprint density at radius 1 is 0.886 bits per heavy atom. The minimum absolute atomic E-state index is 0.0174. The maximum Gasteiger partial charge on any atom is 0.272 e. The Bertz CT molecular complexity index is 1460. The first-order chi connectivity index (χ1) is 21.4. The summed E-state index contributed by atoms with van der Waals surface area (Å²) in [6.45, 7) is 3.73. The zero-order chi connectivity index (χ0) is 30.5. The Morgan fingerprint density at radius 2 is 1.64 bits per heavy atom. The minimum Gasteiger partial charge on any atom is -0.490 e. The first kappa shape index (κ1) is 29.9. The van der Waals surface area contributed by atoms with Crippen LogP contribution in [0.15, 0.2) is 66.9 Å². The van der Waals surface area contributed by atoms with E-state index in [1.807, 2.05) is 36.4 Å². The number of benzene rings is 2. The van der Waals surface area contributed by atoms with Crippen molar-refractivity contribution in [2.24, 2.45) is 11.8 Å². The third kappa shape index (κ3) is 7.88. The van der Waals surface area contributed by atoms with E-state index in [2.05, 4.69) is 15.2 Å². The van der Waals surface area contributed by atoms with Crippen LogP contribution < -0.4 is 10.1 Å². The maximum absolute atomic E-state index is 13.2. The number of Topliss-reactive ketones (excluding diaryl/α,β-unsaturated/α-hetero) is 1. The predicted octanol–water partition coefficient (Wildman–Crippen LogP) is 5.74. The molecule has 9 heteroatoms. The van der Waals surface area contributed by atoms with Gasteiger partial charge in [0.25, 0.3) is 5.91 Å². The zero-order valence-electron chi connectivity index (χ0n) is 24.9. The van der Waals surface area contributed by atoms with Crippen LogP contribution in [-0.4, -0.2) is 64.7 Å². The lowest BCUT2D eigenvalue weighted by atomic mass is 9.90. The van der Waals surface area contributed by atoms with Crippen LogP contribution in [0, 0.1) is 17.7 Å². The summed E-state index contributed by atoms with van der Waals surface area (Å²) in [5.74, 6) is 0.934. The van der Waals surface area contributed by atoms with Crippen LogP contribution in [0.1, 0.15) is 71.4 Å². The number of hydrogen-bond donors (Lipinski definition) is 1. The predicted molar refractivity (Wildman–Crippen MR) is 165 cm³/mol. The summed E-state index contributed by atoms with van der Waals surface area (Å²) in [7, 11) is 0. The molecule has 1 N–H and O–H groups in total. The highest BCUT2D eigenvalue weighted by atomic mass is 19.1. The van der Waals surface area contributed by atoms with Gasteiger partial charge in [0.2, 0.25) is 5.91 Å². The quantitative estimate of drug-likeness (QED) is 0.300. The molecule has 3 fully saturated rings. The van der Waals surface area contributed by atoms with Gasteiger partial charge in [0.15, 0.2) is 5.78 Å². The summed E-state index contributed by atoms with van der Waals surface area (Å²) in [5.41, 5.74) is 2.72. The summed E-state index contributed by atoms with van der Waals surface area (Å²) in [5, 5.41) is 2.95. The van der Waals surface area contributed by atoms with E-state index in [0.717, 1.165) is 56.6 Å². The van der Waals surface area contributed by atoms with Crippen molar-refractivity contribution in [3.8, 4) is 5.75 Å². The topological polar surface area (TPSA) is 91.8 Å². The number of amides is 2. The highest BCUT2D eigenvalue weighted by molar-refractivity contribution is 5.97. The molecule has 2 saturated heterocycles. The number of piperidine rings is 2. The third-order valence-electron chi connectivity index (χ3n) is 8.89. The molecule has 2 aliphatic heterocycles. The lowest BCUT2D eigenvalue weighted by Gasteiger charge is -2.32. The number of anilines is 1. The number of likely N-dealkylation sites (tertiary alicyclic amines) is 2. The SMILES string of the molecule is O=C(CC1CCN(Cc2ccc(F)cc2)CC1)c1ccc(C(=O)N2CCC(Oc3cccc(NC(=O)C4CC4)c3)CC2)nc1. The zero-order valence-corrected chi connectivity index (χ0v) is 24.9. The van der Waals surface area contributed by atoms with Crippen LogP contribution in [0.5, 0.6) is 5.75 Å². The van der Waals surface area contributed by atoms with E-state index in [-0.39, 0.29) is 35.4 Å². The molecule has 0 unspecified atom stereocenters. The Hall–Kier alpha value is -4.11. The number of carbonyl (C=O) groups excluding carboxylic acids is 3. The van der Waals surface area contributed by atoms with Crippen LogP contribution in [0.2, 0.25) is 0 Å². The summed E-state index contributed by atoms with van der Waals surface area (Å²) in [6.07, 6.45) is 7.19. The highest BCUT2D eigenvalue weighted by Crippen LogP contribution is 2.31. The van der Waals surface area contributed by atoms with Gasteiger partial charge in [0.1, 0.15) is 23.4 Å². The van der Waals surface area contributed by atoms with Crippen molar-refractivity contribution in [2.45, 2.75) is 57.6 Å². The van der Waals surface area contributed by atoms with Crippen molar-refractivity contribution in [1.82, 2.24) is 14.8 Å². The van der Waals surface area contributed by atoms with Gasteiger partial charge in [0, 0.05) is 68.3 Å². The van der Waals surface area contributed by atoms with Crippen molar-refractivity contribution in [1.29, 1.82) is 0 Å². The Balaban J connectivity index is 0.929. The fourth-order valence-corrected chi connectivity index (χ4v) is 6.03. The number of carbonyl (C=O) groups is 3. The number of aromatic nitrogens is 1. The van der Waals surface area contributed by atoms with E-state index >= 15 is 0 Å². The lowest BCUT2D eigenvalue weighted by Crippen LogP contribution is -2.42. The molecule has 1 saturated carbocycles. The summed E-state index contributed by atoms with van der Waals surface area (Å²) in [4.78, 5) is 46.7. The van der Waals surface area contributed by atoms with Crippen LogP contribution in [0.25, 0.3) is 0 Å². The van der Waals surface area contributed by atoms with Gasteiger partial charge in [-0.1, -0.05) is 18.2 Å². The fourth-order valence-electron chi connectivity index (χ4n) is 6.03. The van der Waals surface area contributed by atoms with Crippen molar-refractivity contribution in [3.63, 3.8) is 0 Å². The van der Waals surface area contributed by atoms with Crippen molar-refractivity contribution in [3.05, 3.63) is 89.5 Å². The fraction of sp³-hybridized carbons (Fsp3) is 0.429. The molecule has 230 valence electrons. The molecule has 3 heterocycles. The first-order valence-corrected chi connectivity index (χ1v) is 15.7. The molecule has 3 aromatic rings. The van der Waals surface area contributed by atoms with E-state index in [1.165, 1.54) is 18.3 Å². The van der Waals surface area contributed by atoms with Gasteiger partial charge in [-0.2, -0.15) is 0 Å². The molecule has 0 spiro atoms. The van der Waals surface area contributed by atoms with E-state index in [4.69, 9.17) is 4.74 Å². The molecule has 6 rings (SSSR count). The molecule has 8 nitrogen and oxygen atoms in total. The number of nitrogens with one attached hydrogen (secondary N) is 1. The number of rotatable bonds is 10. The Labute approximate surface area is 257 Å². The number of pyridine rings is 1. The second-order valence-electron chi connectivity index (χ2n) is 12.3. The van der Waals surface area contributed by atoms with Crippen molar-refractivity contribution < 1.29 is 23.5 Å². The monoisotopic (exact) mass is 598 g/mol. The highest BCUT2D eigenvalue weighted by Gasteiger charge is 2.30. The second kappa shape index (κ2) is 13.7. The summed E-state index contributed by atoms with van der Waals surface area (Å²) in [6, 6.07) is 17.5. The Morgan fingerprint density at radius 3 is 2.32 bits per heavy atom. The van der Waals surface area contributed by atoms with Gasteiger partial charge in [-0.05, 0) is 86.7 Å². The Kier molecular flexibility index (Phi) is 9.31. The average molecular weight is 599 g/mol. The summed E-state index contributed by atoms with van der Waals surface area (Å²) < 4.78 is 19.3. The summed E-state index contributed by atoms with van der Waals surface area (Å²) >= 11 is 0. The molecule has 2 amide bonds. The first-order valence-electron chi connectivity index (χ1n) is 15.7. The second-order valence-corrected chi connectivity index (χ2v) is 12.3. The number of ether oxygens (including phenoxy) is 1. The van der Waals surface area contributed by atoms with Crippen molar-refractivity contribution >= 4 is 23.3 Å². The number of nitrogens with zero attached hydrogens (tertiary/aromatic N) is 3. The van der Waals surface area contributed by atoms with Gasteiger partial charge in [-0.15, -0.1) is 0 Å². The number of ketones is 1. The van der Waals surface area contributed by atoms with Crippen molar-refractivity contribution in [2.75, 3.05) is 31.5 Å². The number of hydrogen-bond acceptors (Lipinski definition) is 6. The third-order valence-corrected chi connectivity index (χ3v) is 8.89. The molecule has 3 aliphatic rings. The van der Waals surface area contributed by atoms with Gasteiger partial charge < -0.3 is 15.0 Å². The van der Waals surface area contributed by atoms with Gasteiger partial charge >= 0.3 is 0 Å². The van der Waals surface area contributed by atoms with Crippen LogP contribution in [0.4, 0.5) is 10.1 Å². The molecule has 2 aromatic carbocycles. The molecule has 44 heavy (non-hydrogen) atoms. The van der Waals surface area contributed by atoms with Crippen LogP contribution in [0.3, 0.4) is 0 Å². The van der Waals surface area contributed by atoms with E-state index < -0.39 is 0 Å². The molecule has 0 atom stereocenters. The molecule has 1 aromatic heterocycles. The van der Waals surface area contributed by atoms with Gasteiger partial charge in [0.05, 0.1) is 0 Å². The maximum atomic E-state index is 13.2. The largest absolute Gasteiger partial charge is 0.490 e. The molecule has 0 bridgehead atoms. The molecular weight excluding hydrogens is 559 g/mol. The number of halogens is 1. The van der Waals surface area contributed by atoms with E-state index in [1.54, 1.807) is 17.0 Å². The van der Waals surface area contributed by atoms with E-state index in [9.17, 15) is 18.8 Å². The van der Waals surface area contributed by atoms with Crippen LogP contribution in [-0.2, 0) is 11.3 Å². The molecule has 1 aliphatic carbocycles.